The zero-order chi connectivity index (χ0) is 14.7. The lowest BCUT2D eigenvalue weighted by Crippen LogP contribution is -2.41. The average molecular weight is 339 g/mol. The van der Waals surface area contributed by atoms with Gasteiger partial charge in [0.25, 0.3) is 0 Å². The molecule has 3 rings (SSSR count). The maximum Gasteiger partial charge on any atom is 0.495 e. The van der Waals surface area contributed by atoms with E-state index in [9.17, 15) is 4.79 Å². The molecule has 0 aliphatic carbocycles. The van der Waals surface area contributed by atoms with E-state index in [2.05, 4.69) is 15.9 Å². The molecule has 6 heteroatoms. The first kappa shape index (κ1) is 14.1. The Morgan fingerprint density at radius 3 is 2.35 bits per heavy atom. The number of rotatable bonds is 1. The van der Waals surface area contributed by atoms with Crippen LogP contribution in [0.4, 0.5) is 0 Å². The van der Waals surface area contributed by atoms with Crippen LogP contribution in [0.5, 0.6) is 0 Å². The van der Waals surface area contributed by atoms with E-state index in [0.717, 1.165) is 15.5 Å². The van der Waals surface area contributed by atoms with Crippen LogP contribution < -0.4 is 5.46 Å². The number of hydrogen-bond donors (Lipinski definition) is 0. The highest BCUT2D eigenvalue weighted by Gasteiger charge is 2.52. The van der Waals surface area contributed by atoms with Crippen molar-refractivity contribution in [3.05, 3.63) is 27.7 Å². The molecule has 0 aromatic heterocycles. The summed E-state index contributed by atoms with van der Waals surface area (Å²) in [5.74, 6) is -0.293. The predicted molar refractivity (Wildman–Crippen MR) is 79.0 cm³/mol. The lowest BCUT2D eigenvalue weighted by molar-refractivity contribution is 0.00578. The third kappa shape index (κ3) is 2.01. The third-order valence-corrected chi connectivity index (χ3v) is 4.78. The zero-order valence-electron chi connectivity index (χ0n) is 12.0. The van der Waals surface area contributed by atoms with Crippen molar-refractivity contribution in [2.24, 2.45) is 0 Å². The van der Waals surface area contributed by atoms with Gasteiger partial charge in [-0.15, -0.1) is 0 Å². The predicted octanol–water partition coefficient (Wildman–Crippen LogP) is 2.42. The molecule has 1 fully saturated rings. The van der Waals surface area contributed by atoms with Gasteiger partial charge in [0.2, 0.25) is 0 Å². The number of carbonyl (C=O) groups excluding carboxylic acids is 1. The molecule has 1 aromatic carbocycles. The molecule has 0 unspecified atom stereocenters. The molecule has 0 amide bonds. The van der Waals surface area contributed by atoms with E-state index >= 15 is 0 Å². The van der Waals surface area contributed by atoms with Crippen LogP contribution in [0.2, 0.25) is 0 Å². The molecule has 106 valence electrons. The molecule has 0 atom stereocenters. The molecule has 2 heterocycles. The van der Waals surface area contributed by atoms with Gasteiger partial charge in [-0.05, 0) is 45.3 Å². The van der Waals surface area contributed by atoms with E-state index in [1.807, 2.05) is 33.8 Å². The molecular weight excluding hydrogens is 323 g/mol. The van der Waals surface area contributed by atoms with Crippen LogP contribution in [0.1, 0.15) is 43.6 Å². The Hall–Kier alpha value is -0.845. The standard InChI is InChI=1S/C14H16BBrO4/c1-13(2)14(3,4)20-15(19-13)11-6-8(16)5-9-10(11)7-18-12(9)17/h5-6H,7H2,1-4H3. The van der Waals surface area contributed by atoms with Gasteiger partial charge in [0.05, 0.1) is 16.8 Å². The van der Waals surface area contributed by atoms with Crippen LogP contribution in [0.25, 0.3) is 0 Å². The van der Waals surface area contributed by atoms with Crippen LogP contribution in [0.3, 0.4) is 0 Å². The third-order valence-electron chi connectivity index (χ3n) is 4.32. The SMILES string of the molecule is CC1(C)OB(c2cc(Br)cc3c2COC3=O)OC1(C)C. The van der Waals surface area contributed by atoms with Crippen LogP contribution in [-0.2, 0) is 20.7 Å². The van der Waals surface area contributed by atoms with Crippen LogP contribution in [-0.4, -0.2) is 24.3 Å². The number of halogens is 1. The van der Waals surface area contributed by atoms with Gasteiger partial charge in [0.15, 0.2) is 0 Å². The van der Waals surface area contributed by atoms with E-state index in [0.29, 0.717) is 5.56 Å². The minimum absolute atomic E-state index is 0.279. The first-order valence-corrected chi connectivity index (χ1v) is 7.36. The van der Waals surface area contributed by atoms with E-state index < -0.39 is 18.3 Å². The molecule has 20 heavy (non-hydrogen) atoms. The summed E-state index contributed by atoms with van der Waals surface area (Å²) in [6, 6.07) is 3.71. The molecule has 2 aliphatic heterocycles. The first-order valence-electron chi connectivity index (χ1n) is 6.56. The Labute approximate surface area is 127 Å². The highest BCUT2D eigenvalue weighted by Crippen LogP contribution is 2.37. The van der Waals surface area contributed by atoms with Crippen LogP contribution in [0.15, 0.2) is 16.6 Å². The monoisotopic (exact) mass is 338 g/mol. The highest BCUT2D eigenvalue weighted by atomic mass is 79.9. The van der Waals surface area contributed by atoms with Crippen LogP contribution in [0, 0.1) is 0 Å². The fourth-order valence-corrected chi connectivity index (χ4v) is 2.87. The van der Waals surface area contributed by atoms with Crippen molar-refractivity contribution in [1.82, 2.24) is 0 Å². The summed E-state index contributed by atoms with van der Waals surface area (Å²) >= 11 is 3.43. The number of ether oxygens (including phenoxy) is 1. The van der Waals surface area contributed by atoms with Gasteiger partial charge >= 0.3 is 13.1 Å². The highest BCUT2D eigenvalue weighted by molar-refractivity contribution is 9.10. The van der Waals surface area contributed by atoms with Crippen molar-refractivity contribution in [3.63, 3.8) is 0 Å². The van der Waals surface area contributed by atoms with Crippen molar-refractivity contribution in [1.29, 1.82) is 0 Å². The Morgan fingerprint density at radius 2 is 1.75 bits per heavy atom. The Morgan fingerprint density at radius 1 is 1.15 bits per heavy atom. The Balaban J connectivity index is 2.05. The van der Waals surface area contributed by atoms with Crippen molar-refractivity contribution < 1.29 is 18.8 Å². The molecule has 0 saturated carbocycles. The van der Waals surface area contributed by atoms with Gasteiger partial charge in [-0.25, -0.2) is 4.79 Å². The summed E-state index contributed by atoms with van der Waals surface area (Å²) in [6.07, 6.45) is 0. The van der Waals surface area contributed by atoms with Gasteiger partial charge in [-0.3, -0.25) is 0 Å². The van der Waals surface area contributed by atoms with Crippen molar-refractivity contribution in [2.75, 3.05) is 0 Å². The minimum atomic E-state index is -0.485. The van der Waals surface area contributed by atoms with E-state index in [1.165, 1.54) is 0 Å². The van der Waals surface area contributed by atoms with Crippen molar-refractivity contribution in [3.8, 4) is 0 Å². The fraction of sp³-hybridized carbons (Fsp3) is 0.500. The summed E-state index contributed by atoms with van der Waals surface area (Å²) in [5.41, 5.74) is 1.49. The number of hydrogen-bond acceptors (Lipinski definition) is 4. The second-order valence-corrected chi connectivity index (χ2v) is 7.10. The largest absolute Gasteiger partial charge is 0.495 e. The van der Waals surface area contributed by atoms with Gasteiger partial charge in [0.1, 0.15) is 6.61 Å². The topological polar surface area (TPSA) is 44.8 Å². The van der Waals surface area contributed by atoms with E-state index in [-0.39, 0.29) is 12.6 Å². The number of fused-ring (bicyclic) bond motifs is 1. The Kier molecular flexibility index (Phi) is 3.05. The molecule has 1 aromatic rings. The number of esters is 1. The summed E-state index contributed by atoms with van der Waals surface area (Å²) in [5, 5.41) is 0. The minimum Gasteiger partial charge on any atom is -0.457 e. The van der Waals surface area contributed by atoms with E-state index in [1.54, 1.807) is 6.07 Å². The van der Waals surface area contributed by atoms with Gasteiger partial charge in [-0.1, -0.05) is 15.9 Å². The maximum atomic E-state index is 11.7. The smallest absolute Gasteiger partial charge is 0.457 e. The quantitative estimate of drug-likeness (QED) is 0.582. The fourth-order valence-electron chi connectivity index (χ4n) is 2.40. The van der Waals surface area contributed by atoms with Crippen molar-refractivity contribution in [2.45, 2.75) is 45.5 Å². The lowest BCUT2D eigenvalue weighted by Gasteiger charge is -2.32. The zero-order valence-corrected chi connectivity index (χ0v) is 13.5. The maximum absolute atomic E-state index is 11.7. The summed E-state index contributed by atoms with van der Waals surface area (Å²) in [4.78, 5) is 11.7. The molecule has 4 nitrogen and oxygen atoms in total. The molecular formula is C14H16BBrO4. The van der Waals surface area contributed by atoms with Crippen molar-refractivity contribution >= 4 is 34.5 Å². The average Bonchev–Trinajstić information content (AvgIpc) is 2.78. The molecule has 0 bridgehead atoms. The first-order chi connectivity index (χ1) is 9.21. The number of benzene rings is 1. The molecule has 1 saturated heterocycles. The van der Waals surface area contributed by atoms with Crippen LogP contribution >= 0.6 is 15.9 Å². The molecule has 0 N–H and O–H groups in total. The van der Waals surface area contributed by atoms with Gasteiger partial charge < -0.3 is 14.0 Å². The number of cyclic esters (lactones) is 1. The normalized spacial score (nSPS) is 22.9. The summed E-state index contributed by atoms with van der Waals surface area (Å²) in [6.45, 7) is 8.31. The molecule has 2 aliphatic rings. The molecule has 0 radical (unpaired) electrons. The summed E-state index contributed by atoms with van der Waals surface area (Å²) in [7, 11) is -0.485. The Bertz CT molecular complexity index is 581. The van der Waals surface area contributed by atoms with E-state index in [4.69, 9.17) is 14.0 Å². The van der Waals surface area contributed by atoms with Gasteiger partial charge in [0, 0.05) is 10.0 Å². The lowest BCUT2D eigenvalue weighted by atomic mass is 9.75. The second-order valence-electron chi connectivity index (χ2n) is 6.19. The summed E-state index contributed by atoms with van der Waals surface area (Å²) < 4.78 is 18.0. The number of carbonyl (C=O) groups is 1. The van der Waals surface area contributed by atoms with Gasteiger partial charge in [-0.2, -0.15) is 0 Å². The second kappa shape index (κ2) is 4.32. The molecule has 0 spiro atoms.